The number of hydrogen-bond donors (Lipinski definition) is 1. The molecule has 0 radical (unpaired) electrons. The van der Waals surface area contributed by atoms with Crippen LogP contribution in [0.2, 0.25) is 0 Å². The lowest BCUT2D eigenvalue weighted by molar-refractivity contribution is 0.00338. The molecule has 1 unspecified atom stereocenters. The molecule has 3 aliphatic heterocycles. The van der Waals surface area contributed by atoms with Crippen molar-refractivity contribution in [2.24, 2.45) is 4.99 Å². The van der Waals surface area contributed by atoms with Crippen molar-refractivity contribution in [3.8, 4) is 0 Å². The number of ether oxygens (including phenoxy) is 1. The van der Waals surface area contributed by atoms with Gasteiger partial charge in [0.05, 0.1) is 11.8 Å². The summed E-state index contributed by atoms with van der Waals surface area (Å²) in [6.07, 6.45) is 8.20. The van der Waals surface area contributed by atoms with E-state index in [1.807, 2.05) is 18.0 Å². The van der Waals surface area contributed by atoms with Crippen molar-refractivity contribution in [3.05, 3.63) is 22.2 Å². The van der Waals surface area contributed by atoms with Crippen LogP contribution in [-0.2, 0) is 4.74 Å². The second-order valence-electron chi connectivity index (χ2n) is 7.57. The number of carbonyl (C=O) groups excluding carboxylic acids is 2. The third-order valence-electron chi connectivity index (χ3n) is 5.39. The summed E-state index contributed by atoms with van der Waals surface area (Å²) < 4.78 is 5.77. The van der Waals surface area contributed by atoms with Gasteiger partial charge in [0.25, 0.3) is 5.91 Å². The minimum Gasteiger partial charge on any atom is -0.376 e. The van der Waals surface area contributed by atoms with Gasteiger partial charge in [-0.3, -0.25) is 14.7 Å². The molecule has 4 rings (SSSR count). The summed E-state index contributed by atoms with van der Waals surface area (Å²) in [4.78, 5) is 38.2. The lowest BCUT2D eigenvalue weighted by atomic mass is 10.1. The Kier molecular flexibility index (Phi) is 6.25. The fourth-order valence-electron chi connectivity index (χ4n) is 3.77. The quantitative estimate of drug-likeness (QED) is 0.770. The summed E-state index contributed by atoms with van der Waals surface area (Å²) in [5.74, 6) is -0.162. The first-order valence-electron chi connectivity index (χ1n) is 10.2. The first-order chi connectivity index (χ1) is 14.1. The molecule has 1 N–H and O–H groups in total. The number of nitrogens with zero attached hydrogens (tertiary/aromatic N) is 4. The standard InChI is InChI=1S/C20H27N5O3S/c1-14-17(18(26)22-12-15-5-4-7-21-11-15)29-19(23-14)25-9-8-24(20(25)27)13-16-6-2-3-10-28-16/h5,11,16H,2-4,6-10,12-13H2,1H3,(H,22,26). The molecular formula is C20H27N5O3S. The number of nitrogens with one attached hydrogen (secondary N) is 1. The van der Waals surface area contributed by atoms with Crippen LogP contribution in [0.4, 0.5) is 9.93 Å². The minimum atomic E-state index is -0.162. The number of carbonyl (C=O) groups is 2. The topological polar surface area (TPSA) is 87.1 Å². The van der Waals surface area contributed by atoms with E-state index in [9.17, 15) is 9.59 Å². The number of aliphatic imine (C=N–C) groups is 1. The van der Waals surface area contributed by atoms with E-state index in [1.54, 1.807) is 4.90 Å². The summed E-state index contributed by atoms with van der Waals surface area (Å²) in [5.41, 5.74) is 1.66. The molecule has 4 heterocycles. The second-order valence-corrected chi connectivity index (χ2v) is 8.54. The number of aromatic nitrogens is 1. The molecule has 0 bridgehead atoms. The molecule has 2 fully saturated rings. The van der Waals surface area contributed by atoms with Crippen molar-refractivity contribution in [3.63, 3.8) is 0 Å². The number of anilines is 1. The molecular weight excluding hydrogens is 390 g/mol. The normalized spacial score (nSPS) is 22.2. The van der Waals surface area contributed by atoms with Crippen LogP contribution in [0.15, 0.2) is 16.6 Å². The number of amides is 3. The summed E-state index contributed by atoms with van der Waals surface area (Å²) in [6, 6.07) is -0.0524. The first kappa shape index (κ1) is 20.0. The van der Waals surface area contributed by atoms with Gasteiger partial charge in [-0.15, -0.1) is 0 Å². The highest BCUT2D eigenvalue weighted by atomic mass is 32.1. The molecule has 156 valence electrons. The SMILES string of the molecule is Cc1nc(N2CCN(CC3CCCCO3)C2=O)sc1C(=O)NCC1=CCCN=C1. The number of urea groups is 1. The molecule has 1 atom stereocenters. The van der Waals surface area contributed by atoms with Crippen LogP contribution in [0.1, 0.15) is 41.0 Å². The zero-order chi connectivity index (χ0) is 20.2. The zero-order valence-electron chi connectivity index (χ0n) is 16.7. The smallest absolute Gasteiger partial charge is 0.326 e. The predicted octanol–water partition coefficient (Wildman–Crippen LogP) is 2.39. The van der Waals surface area contributed by atoms with Crippen LogP contribution in [0, 0.1) is 6.92 Å². The maximum absolute atomic E-state index is 12.8. The van der Waals surface area contributed by atoms with Gasteiger partial charge in [-0.1, -0.05) is 17.4 Å². The van der Waals surface area contributed by atoms with E-state index in [4.69, 9.17) is 4.74 Å². The van der Waals surface area contributed by atoms with E-state index in [-0.39, 0.29) is 18.0 Å². The molecule has 0 spiro atoms. The molecule has 3 aliphatic rings. The highest BCUT2D eigenvalue weighted by Crippen LogP contribution is 2.29. The Morgan fingerprint density at radius 1 is 1.38 bits per heavy atom. The van der Waals surface area contributed by atoms with E-state index >= 15 is 0 Å². The Morgan fingerprint density at radius 2 is 2.28 bits per heavy atom. The van der Waals surface area contributed by atoms with E-state index in [0.29, 0.717) is 41.9 Å². The number of hydrogen-bond acceptors (Lipinski definition) is 6. The van der Waals surface area contributed by atoms with Crippen molar-refractivity contribution < 1.29 is 14.3 Å². The van der Waals surface area contributed by atoms with Gasteiger partial charge in [-0.05, 0) is 38.2 Å². The van der Waals surface area contributed by atoms with E-state index in [2.05, 4.69) is 21.4 Å². The Hall–Kier alpha value is -2.26. The lowest BCUT2D eigenvalue weighted by Gasteiger charge is -2.27. The van der Waals surface area contributed by atoms with Crippen molar-refractivity contribution in [2.45, 2.75) is 38.7 Å². The Bertz CT molecular complexity index is 828. The van der Waals surface area contributed by atoms with Crippen LogP contribution in [0.25, 0.3) is 0 Å². The van der Waals surface area contributed by atoms with Gasteiger partial charge < -0.3 is 15.0 Å². The van der Waals surface area contributed by atoms with Gasteiger partial charge >= 0.3 is 6.03 Å². The molecule has 9 heteroatoms. The van der Waals surface area contributed by atoms with Crippen LogP contribution >= 0.6 is 11.3 Å². The van der Waals surface area contributed by atoms with Gasteiger partial charge in [0.2, 0.25) is 0 Å². The maximum atomic E-state index is 12.8. The van der Waals surface area contributed by atoms with E-state index in [0.717, 1.165) is 44.4 Å². The van der Waals surface area contributed by atoms with Gasteiger partial charge in [-0.2, -0.15) is 0 Å². The van der Waals surface area contributed by atoms with Crippen molar-refractivity contribution in [1.82, 2.24) is 15.2 Å². The highest BCUT2D eigenvalue weighted by Gasteiger charge is 2.34. The monoisotopic (exact) mass is 417 g/mol. The molecule has 29 heavy (non-hydrogen) atoms. The van der Waals surface area contributed by atoms with Gasteiger partial charge in [0, 0.05) is 45.5 Å². The number of aryl methyl sites for hydroxylation is 1. The van der Waals surface area contributed by atoms with Gasteiger partial charge in [0.1, 0.15) is 4.88 Å². The van der Waals surface area contributed by atoms with Gasteiger partial charge in [-0.25, -0.2) is 9.78 Å². The molecule has 0 aliphatic carbocycles. The Labute approximate surface area is 174 Å². The van der Waals surface area contributed by atoms with Crippen molar-refractivity contribution >= 4 is 34.6 Å². The zero-order valence-corrected chi connectivity index (χ0v) is 17.5. The summed E-state index contributed by atoms with van der Waals surface area (Å²) in [6.45, 7) is 5.72. The van der Waals surface area contributed by atoms with E-state index < -0.39 is 0 Å². The van der Waals surface area contributed by atoms with Gasteiger partial charge in [0.15, 0.2) is 5.13 Å². The second kappa shape index (κ2) is 9.04. The molecule has 8 nitrogen and oxygen atoms in total. The molecule has 0 aromatic carbocycles. The summed E-state index contributed by atoms with van der Waals surface area (Å²) >= 11 is 1.27. The molecule has 3 amide bonds. The third-order valence-corrected chi connectivity index (χ3v) is 6.57. The average molecular weight is 418 g/mol. The van der Waals surface area contributed by atoms with Crippen LogP contribution in [0.5, 0.6) is 0 Å². The van der Waals surface area contributed by atoms with Crippen LogP contribution in [-0.4, -0.2) is 73.5 Å². The highest BCUT2D eigenvalue weighted by molar-refractivity contribution is 7.17. The largest absolute Gasteiger partial charge is 0.376 e. The fraction of sp³-hybridized carbons (Fsp3) is 0.600. The molecule has 0 saturated carbocycles. The Balaban J connectivity index is 1.37. The maximum Gasteiger partial charge on any atom is 0.326 e. The fourth-order valence-corrected chi connectivity index (χ4v) is 4.78. The summed E-state index contributed by atoms with van der Waals surface area (Å²) in [7, 11) is 0. The van der Waals surface area contributed by atoms with Crippen LogP contribution < -0.4 is 10.2 Å². The lowest BCUT2D eigenvalue weighted by Crippen LogP contribution is -2.39. The van der Waals surface area contributed by atoms with E-state index in [1.165, 1.54) is 11.3 Å². The van der Waals surface area contributed by atoms with Crippen molar-refractivity contribution in [2.75, 3.05) is 44.2 Å². The van der Waals surface area contributed by atoms with Crippen LogP contribution in [0.3, 0.4) is 0 Å². The summed E-state index contributed by atoms with van der Waals surface area (Å²) in [5, 5.41) is 3.52. The molecule has 1 aromatic rings. The molecule has 2 saturated heterocycles. The number of rotatable bonds is 6. The third kappa shape index (κ3) is 4.67. The number of dihydropyridines is 1. The van der Waals surface area contributed by atoms with Crippen molar-refractivity contribution in [1.29, 1.82) is 0 Å². The number of thiazole rings is 1. The Morgan fingerprint density at radius 3 is 3.03 bits per heavy atom. The first-order valence-corrected chi connectivity index (χ1v) is 11.1. The minimum absolute atomic E-state index is 0.0524. The molecule has 1 aromatic heterocycles. The predicted molar refractivity (Wildman–Crippen MR) is 113 cm³/mol. The average Bonchev–Trinajstić information content (AvgIpc) is 3.30.